The van der Waals surface area contributed by atoms with Crippen molar-refractivity contribution in [2.75, 3.05) is 0 Å². The van der Waals surface area contributed by atoms with Crippen LogP contribution in [0.4, 0.5) is 0 Å². The fraction of sp³-hybridized carbons (Fsp3) is 0.500. The summed E-state index contributed by atoms with van der Waals surface area (Å²) < 4.78 is 11.1. The highest BCUT2D eigenvalue weighted by Gasteiger charge is 2.58. The van der Waals surface area contributed by atoms with Crippen LogP contribution in [0.1, 0.15) is 33.6 Å². The van der Waals surface area contributed by atoms with Crippen LogP contribution in [0.25, 0.3) is 0 Å². The van der Waals surface area contributed by atoms with Crippen LogP contribution in [0, 0.1) is 11.8 Å². The molecule has 0 radical (unpaired) electrons. The van der Waals surface area contributed by atoms with Crippen molar-refractivity contribution in [3.05, 3.63) is 47.3 Å². The average molecular weight is 360 g/mol. The number of rotatable bonds is 2. The van der Waals surface area contributed by atoms with Crippen molar-refractivity contribution in [2.45, 2.75) is 51.6 Å². The van der Waals surface area contributed by atoms with Crippen molar-refractivity contribution in [3.8, 4) is 0 Å². The molecule has 3 heterocycles. The molecule has 6 heteroatoms. The third kappa shape index (κ3) is 2.64. The predicted octanol–water partition coefficient (Wildman–Crippen LogP) is 1.94. The van der Waals surface area contributed by atoms with E-state index in [1.807, 2.05) is 0 Å². The molecule has 3 aliphatic heterocycles. The van der Waals surface area contributed by atoms with Crippen molar-refractivity contribution in [2.24, 2.45) is 11.8 Å². The molecule has 0 unspecified atom stereocenters. The van der Waals surface area contributed by atoms with Gasteiger partial charge < -0.3 is 19.7 Å². The van der Waals surface area contributed by atoms with Crippen LogP contribution in [0.3, 0.4) is 0 Å². The highest BCUT2D eigenvalue weighted by molar-refractivity contribution is 6.03. The molecular formula is C20H24O6. The summed E-state index contributed by atoms with van der Waals surface area (Å²) in [7, 11) is 0. The SMILES string of the molecule is C=C(C)[C@H]1CCC2=C[C@@H](OC2=O)[C@@H](C(=C)C)[C@]2(O)OC(=C(C)C2=O)[C@@H]1O. The van der Waals surface area contributed by atoms with Crippen LogP contribution >= 0.6 is 0 Å². The topological polar surface area (TPSA) is 93.1 Å². The number of Topliss-reactive ketones (excluding diaryl/α,β-unsaturated/α-hetero) is 1. The van der Waals surface area contributed by atoms with Gasteiger partial charge >= 0.3 is 5.97 Å². The highest BCUT2D eigenvalue weighted by atomic mass is 16.6. The molecule has 0 spiro atoms. The summed E-state index contributed by atoms with van der Waals surface area (Å²) >= 11 is 0. The predicted molar refractivity (Wildman–Crippen MR) is 93.6 cm³/mol. The minimum absolute atomic E-state index is 0.0471. The monoisotopic (exact) mass is 360 g/mol. The second-order valence-corrected chi connectivity index (χ2v) is 7.44. The summed E-state index contributed by atoms with van der Waals surface area (Å²) in [4.78, 5) is 25.1. The van der Waals surface area contributed by atoms with Gasteiger partial charge in [-0.15, -0.1) is 0 Å². The molecule has 140 valence electrons. The second-order valence-electron chi connectivity index (χ2n) is 7.44. The van der Waals surface area contributed by atoms with Crippen molar-refractivity contribution in [1.29, 1.82) is 0 Å². The molecule has 26 heavy (non-hydrogen) atoms. The van der Waals surface area contributed by atoms with Gasteiger partial charge in [-0.05, 0) is 39.7 Å². The van der Waals surface area contributed by atoms with Gasteiger partial charge in [0.2, 0.25) is 5.78 Å². The fourth-order valence-electron chi connectivity index (χ4n) is 4.01. The van der Waals surface area contributed by atoms with E-state index in [1.54, 1.807) is 19.9 Å². The van der Waals surface area contributed by atoms with Gasteiger partial charge in [0.05, 0.1) is 5.92 Å². The quantitative estimate of drug-likeness (QED) is 0.577. The minimum Gasteiger partial charge on any atom is -0.455 e. The van der Waals surface area contributed by atoms with Crippen LogP contribution in [0.5, 0.6) is 0 Å². The molecule has 4 bridgehead atoms. The number of carbonyl (C=O) groups is 2. The van der Waals surface area contributed by atoms with Gasteiger partial charge in [-0.25, -0.2) is 4.79 Å². The number of hydrogen-bond acceptors (Lipinski definition) is 6. The lowest BCUT2D eigenvalue weighted by atomic mass is 9.82. The van der Waals surface area contributed by atoms with E-state index in [0.717, 1.165) is 0 Å². The van der Waals surface area contributed by atoms with E-state index in [2.05, 4.69) is 13.2 Å². The molecule has 0 fully saturated rings. The molecule has 0 aromatic heterocycles. The molecule has 0 aromatic rings. The van der Waals surface area contributed by atoms with Crippen LogP contribution in [-0.4, -0.2) is 40.0 Å². The lowest BCUT2D eigenvalue weighted by molar-refractivity contribution is -0.210. The Balaban J connectivity index is 2.15. The maximum absolute atomic E-state index is 12.8. The summed E-state index contributed by atoms with van der Waals surface area (Å²) in [6.45, 7) is 12.7. The van der Waals surface area contributed by atoms with E-state index >= 15 is 0 Å². The summed E-state index contributed by atoms with van der Waals surface area (Å²) in [5.41, 5.74) is 1.75. The Labute approximate surface area is 152 Å². The highest BCUT2D eigenvalue weighted by Crippen LogP contribution is 2.45. The lowest BCUT2D eigenvalue weighted by Crippen LogP contribution is -2.50. The van der Waals surface area contributed by atoms with E-state index in [-0.39, 0.29) is 11.3 Å². The molecule has 0 saturated carbocycles. The lowest BCUT2D eigenvalue weighted by Gasteiger charge is -2.35. The van der Waals surface area contributed by atoms with Crippen molar-refractivity contribution in [1.82, 2.24) is 0 Å². The zero-order valence-corrected chi connectivity index (χ0v) is 15.2. The zero-order valence-electron chi connectivity index (χ0n) is 15.2. The van der Waals surface area contributed by atoms with Crippen molar-refractivity contribution < 1.29 is 29.3 Å². The Morgan fingerprint density at radius 3 is 2.50 bits per heavy atom. The molecular weight excluding hydrogens is 336 g/mol. The molecule has 0 aromatic carbocycles. The van der Waals surface area contributed by atoms with Gasteiger partial charge in [0.1, 0.15) is 18.0 Å². The molecule has 6 nitrogen and oxygen atoms in total. The summed E-state index contributed by atoms with van der Waals surface area (Å²) in [5, 5.41) is 22.0. The number of ketones is 1. The third-order valence-corrected chi connectivity index (χ3v) is 5.46. The second kappa shape index (κ2) is 6.21. The van der Waals surface area contributed by atoms with Crippen molar-refractivity contribution >= 4 is 11.8 Å². The summed E-state index contributed by atoms with van der Waals surface area (Å²) in [6, 6.07) is 0. The standard InChI is InChI=1S/C20H24O6/c1-9(2)13-7-6-12-8-14(25-19(12)23)15(10(3)4)20(24)18(22)11(5)17(26-20)16(13)21/h8,13-16,21,24H,1,3,6-7H2,2,4-5H3/t13-,14-,15-,16-,20+/m1/s1. The Kier molecular flexibility index (Phi) is 4.45. The number of ether oxygens (including phenoxy) is 2. The van der Waals surface area contributed by atoms with Crippen LogP contribution in [0.2, 0.25) is 0 Å². The van der Waals surface area contributed by atoms with E-state index in [4.69, 9.17) is 9.47 Å². The van der Waals surface area contributed by atoms with Crippen LogP contribution in [-0.2, 0) is 19.1 Å². The maximum atomic E-state index is 12.8. The van der Waals surface area contributed by atoms with Crippen LogP contribution in [0.15, 0.2) is 47.3 Å². The van der Waals surface area contributed by atoms with Gasteiger partial charge in [-0.3, -0.25) is 4.79 Å². The van der Waals surface area contributed by atoms with Gasteiger partial charge in [-0.1, -0.05) is 24.3 Å². The van der Waals surface area contributed by atoms with E-state index in [0.29, 0.717) is 29.6 Å². The van der Waals surface area contributed by atoms with Crippen LogP contribution < -0.4 is 0 Å². The van der Waals surface area contributed by atoms with Gasteiger partial charge in [-0.2, -0.15) is 0 Å². The Hall–Kier alpha value is -2.18. The number of fused-ring (bicyclic) bond motifs is 3. The minimum atomic E-state index is -2.27. The van der Waals surface area contributed by atoms with E-state index in [9.17, 15) is 19.8 Å². The largest absolute Gasteiger partial charge is 0.455 e. The van der Waals surface area contributed by atoms with E-state index < -0.39 is 41.6 Å². The van der Waals surface area contributed by atoms with E-state index in [1.165, 1.54) is 6.92 Å². The molecule has 0 amide bonds. The average Bonchev–Trinajstić information content (AvgIpc) is 2.99. The molecule has 2 N–H and O–H groups in total. The first-order valence-electron chi connectivity index (χ1n) is 8.65. The Bertz CT molecular complexity index is 773. The zero-order chi connectivity index (χ0) is 19.4. The number of esters is 1. The third-order valence-electron chi connectivity index (χ3n) is 5.46. The van der Waals surface area contributed by atoms with Gasteiger partial charge in [0.25, 0.3) is 5.79 Å². The molecule has 0 aliphatic carbocycles. The van der Waals surface area contributed by atoms with Gasteiger partial charge in [0.15, 0.2) is 0 Å². The Morgan fingerprint density at radius 1 is 1.27 bits per heavy atom. The number of hydrogen-bond donors (Lipinski definition) is 2. The fourth-order valence-corrected chi connectivity index (χ4v) is 4.01. The first-order valence-corrected chi connectivity index (χ1v) is 8.65. The van der Waals surface area contributed by atoms with Gasteiger partial charge in [0, 0.05) is 17.1 Å². The molecule has 3 rings (SSSR count). The number of aliphatic hydroxyl groups excluding tert-OH is 1. The normalized spacial score (nSPS) is 36.9. The first kappa shape index (κ1) is 18.6. The van der Waals surface area contributed by atoms with Crippen molar-refractivity contribution in [3.63, 3.8) is 0 Å². The molecule has 5 atom stereocenters. The number of aliphatic hydroxyl groups is 2. The maximum Gasteiger partial charge on any atom is 0.334 e. The number of carbonyl (C=O) groups excluding carboxylic acids is 2. The Morgan fingerprint density at radius 2 is 1.92 bits per heavy atom. The molecule has 3 aliphatic rings. The summed E-state index contributed by atoms with van der Waals surface area (Å²) in [5.74, 6) is -4.77. The summed E-state index contributed by atoms with van der Waals surface area (Å²) in [6.07, 6.45) is 0.468. The first-order chi connectivity index (χ1) is 12.1. The smallest absolute Gasteiger partial charge is 0.334 e. The molecule has 0 saturated heterocycles.